The maximum absolute atomic E-state index is 5.82. The summed E-state index contributed by atoms with van der Waals surface area (Å²) in [6.45, 7) is 0. The number of hydrogen-bond acceptors (Lipinski definition) is 2. The Morgan fingerprint density at radius 1 is 0.320 bits per heavy atom. The van der Waals surface area contributed by atoms with Crippen LogP contribution in [0.2, 0.25) is 0 Å². The van der Waals surface area contributed by atoms with Crippen LogP contribution in [0, 0.1) is 0 Å². The normalized spacial score (nSPS) is 12.4. The summed E-state index contributed by atoms with van der Waals surface area (Å²) >= 11 is 0. The molecule has 0 amide bonds. The van der Waals surface area contributed by atoms with Crippen molar-refractivity contribution in [2.75, 3.05) is 4.90 Å². The van der Waals surface area contributed by atoms with Crippen LogP contribution in [0.3, 0.4) is 0 Å². The van der Waals surface area contributed by atoms with Gasteiger partial charge in [0.15, 0.2) is 0 Å². The van der Waals surface area contributed by atoms with Crippen LogP contribution < -0.4 is 4.90 Å². The van der Waals surface area contributed by atoms with Crippen LogP contribution in [-0.4, -0.2) is 9.61 Å². The molecule has 0 saturated heterocycles. The molecule has 0 saturated carbocycles. The summed E-state index contributed by atoms with van der Waals surface area (Å²) in [5.41, 5.74) is 21.7. The van der Waals surface area contributed by atoms with Gasteiger partial charge in [-0.1, -0.05) is 267 Å². The summed E-state index contributed by atoms with van der Waals surface area (Å²) in [7, 11) is 0. The minimum atomic E-state index is -0.622. The van der Waals surface area contributed by atoms with E-state index in [1.165, 1.54) is 33.4 Å². The largest absolute Gasteiger partial charge is 0.308 e. The molecule has 1 aliphatic rings. The van der Waals surface area contributed by atoms with Crippen LogP contribution in [-0.2, 0) is 5.41 Å². The number of hydrogen-bond donors (Lipinski definition) is 0. The maximum atomic E-state index is 5.82. The second-order valence-electron chi connectivity index (χ2n) is 19.4. The van der Waals surface area contributed by atoms with Gasteiger partial charge in [-0.05, 0) is 91.5 Å². The fourth-order valence-corrected chi connectivity index (χ4v) is 12.0. The lowest BCUT2D eigenvalue weighted by Gasteiger charge is -2.35. The predicted octanol–water partition coefficient (Wildman–Crippen LogP) is 18.7. The number of pyridine rings is 1. The van der Waals surface area contributed by atoms with E-state index in [1.54, 1.807) is 0 Å². The molecule has 3 nitrogen and oxygen atoms in total. The fourth-order valence-electron chi connectivity index (χ4n) is 12.0. The van der Waals surface area contributed by atoms with E-state index >= 15 is 0 Å². The van der Waals surface area contributed by atoms with Gasteiger partial charge in [-0.3, -0.25) is 0 Å². The lowest BCUT2D eigenvalue weighted by Crippen LogP contribution is -2.28. The van der Waals surface area contributed by atoms with Crippen molar-refractivity contribution in [1.29, 1.82) is 0 Å². The van der Waals surface area contributed by atoms with E-state index in [4.69, 9.17) is 5.10 Å². The molecule has 0 atom stereocenters. The Hall–Kier alpha value is -9.83. The average Bonchev–Trinajstić information content (AvgIpc) is 4.11. The van der Waals surface area contributed by atoms with E-state index < -0.39 is 5.41 Å². The Kier molecular flexibility index (Phi) is 10.7. The highest BCUT2D eigenvalue weighted by atomic mass is 15.3. The van der Waals surface area contributed by atoms with Gasteiger partial charge >= 0.3 is 0 Å². The molecule has 3 heteroatoms. The van der Waals surface area contributed by atoms with Crippen LogP contribution in [0.25, 0.3) is 83.3 Å². The summed E-state index contributed by atoms with van der Waals surface area (Å²) in [5, 5.41) is 8.03. The molecular formula is C72H49N3. The first-order chi connectivity index (χ1) is 37.2. The summed E-state index contributed by atoms with van der Waals surface area (Å²) < 4.78 is 2.26. The number of nitrogens with zero attached hydrogens (tertiary/aromatic N) is 3. The Bertz CT molecular complexity index is 4100. The third-order valence-electron chi connectivity index (χ3n) is 15.2. The molecule has 0 N–H and O–H groups in total. The third kappa shape index (κ3) is 7.23. The quantitative estimate of drug-likeness (QED) is 0.136. The maximum Gasteiger partial charge on any atom is 0.101 e. The minimum absolute atomic E-state index is 0.622. The van der Waals surface area contributed by atoms with Crippen molar-refractivity contribution in [3.05, 3.63) is 320 Å². The minimum Gasteiger partial charge on any atom is -0.308 e. The number of benzene rings is 11. The van der Waals surface area contributed by atoms with Crippen LogP contribution in [0.15, 0.2) is 297 Å². The first-order valence-corrected chi connectivity index (χ1v) is 25.8. The van der Waals surface area contributed by atoms with Crippen LogP contribution in [0.4, 0.5) is 17.1 Å². The molecule has 0 radical (unpaired) electrons. The molecule has 2 aromatic heterocycles. The molecule has 0 bridgehead atoms. The van der Waals surface area contributed by atoms with Crippen LogP contribution in [0.1, 0.15) is 22.3 Å². The zero-order valence-corrected chi connectivity index (χ0v) is 41.1. The molecule has 0 unspecified atom stereocenters. The van der Waals surface area contributed by atoms with Crippen molar-refractivity contribution in [1.82, 2.24) is 9.61 Å². The van der Waals surface area contributed by atoms with E-state index in [1.807, 2.05) is 0 Å². The average molecular weight is 956 g/mol. The molecule has 352 valence electrons. The van der Waals surface area contributed by atoms with Gasteiger partial charge in [-0.25, -0.2) is 4.52 Å². The van der Waals surface area contributed by atoms with E-state index in [0.717, 1.165) is 89.2 Å². The van der Waals surface area contributed by atoms with Crippen LogP contribution in [0.5, 0.6) is 0 Å². The first kappa shape index (κ1) is 43.9. The smallest absolute Gasteiger partial charge is 0.101 e. The highest BCUT2D eigenvalue weighted by molar-refractivity contribution is 6.16. The molecule has 11 aromatic carbocycles. The molecule has 13 aromatic rings. The lowest BCUT2D eigenvalue weighted by atomic mass is 9.67. The summed E-state index contributed by atoms with van der Waals surface area (Å²) in [5.74, 6) is 0. The van der Waals surface area contributed by atoms with E-state index in [9.17, 15) is 0 Å². The van der Waals surface area contributed by atoms with Gasteiger partial charge in [0.05, 0.1) is 22.3 Å². The summed E-state index contributed by atoms with van der Waals surface area (Å²) in [4.78, 5) is 2.54. The van der Waals surface area contributed by atoms with Gasteiger partial charge in [-0.2, -0.15) is 5.10 Å². The molecule has 2 heterocycles. The van der Waals surface area contributed by atoms with Gasteiger partial charge in [0, 0.05) is 38.8 Å². The van der Waals surface area contributed by atoms with Gasteiger partial charge in [0.1, 0.15) is 5.69 Å². The Balaban J connectivity index is 1.16. The molecule has 1 aliphatic carbocycles. The first-order valence-electron chi connectivity index (χ1n) is 25.8. The Morgan fingerprint density at radius 2 is 0.773 bits per heavy atom. The molecule has 0 fully saturated rings. The second-order valence-corrected chi connectivity index (χ2v) is 19.4. The molecule has 0 spiro atoms. The van der Waals surface area contributed by atoms with E-state index in [-0.39, 0.29) is 0 Å². The van der Waals surface area contributed by atoms with E-state index in [2.05, 4.69) is 307 Å². The molecule has 75 heavy (non-hydrogen) atoms. The van der Waals surface area contributed by atoms with Crippen LogP contribution >= 0.6 is 0 Å². The lowest BCUT2D eigenvalue weighted by molar-refractivity contribution is 0.768. The van der Waals surface area contributed by atoms with Crippen molar-refractivity contribution in [3.63, 3.8) is 0 Å². The number of anilines is 3. The Labute approximate surface area is 437 Å². The van der Waals surface area contributed by atoms with Gasteiger partial charge in [0.25, 0.3) is 0 Å². The number of fused-ring (bicyclic) bond motifs is 6. The Morgan fingerprint density at radius 3 is 1.35 bits per heavy atom. The third-order valence-corrected chi connectivity index (χ3v) is 15.2. The molecular weight excluding hydrogens is 907 g/mol. The van der Waals surface area contributed by atoms with Gasteiger partial charge < -0.3 is 4.90 Å². The van der Waals surface area contributed by atoms with Gasteiger partial charge in [0.2, 0.25) is 0 Å². The molecule has 0 aliphatic heterocycles. The predicted molar refractivity (Wildman–Crippen MR) is 312 cm³/mol. The zero-order chi connectivity index (χ0) is 49.7. The zero-order valence-electron chi connectivity index (χ0n) is 41.1. The molecule has 14 rings (SSSR count). The highest BCUT2D eigenvalue weighted by Crippen LogP contribution is 2.58. The SMILES string of the molecule is c1ccc(-c2cc(-c3ccccc3)cc(N(c3ccc4c(c3)C(c3ccccc3)(c3ccccc3)c3ccccc3-4)c3c(-c4ccccc4)n4nc(-c5ccccc5)c(-c5ccccc5)c4c4ccccc34)c2)cc1. The highest BCUT2D eigenvalue weighted by Gasteiger charge is 2.46. The van der Waals surface area contributed by atoms with Gasteiger partial charge in [-0.15, -0.1) is 0 Å². The van der Waals surface area contributed by atoms with Crippen molar-refractivity contribution < 1.29 is 0 Å². The monoisotopic (exact) mass is 955 g/mol. The van der Waals surface area contributed by atoms with Crippen molar-refractivity contribution >= 4 is 33.4 Å². The summed E-state index contributed by atoms with van der Waals surface area (Å²) in [6.07, 6.45) is 0. The van der Waals surface area contributed by atoms with Crippen molar-refractivity contribution in [3.8, 4) is 67.0 Å². The second kappa shape index (κ2) is 18.3. The standard InChI is InChI=1S/C72H49N3/c1-8-26-50(27-9-1)55-46-56(51-28-10-2-11-29-51)48-60(47-55)74(59-44-45-62-61-40-24-25-43-65(61)72(66(62)49-59,57-36-18-6-19-37-57)58-38-20-7-21-39-58)71-64-42-23-22-41-63(64)70-67(52-30-12-3-13-31-52)68(53-32-14-4-15-33-53)73-75(70)69(71)54-34-16-5-17-35-54/h1-49H. The topological polar surface area (TPSA) is 20.5 Å². The fraction of sp³-hybridized carbons (Fsp3) is 0.0139. The van der Waals surface area contributed by atoms with E-state index in [0.29, 0.717) is 0 Å². The number of aromatic nitrogens is 2. The van der Waals surface area contributed by atoms with Crippen molar-refractivity contribution in [2.45, 2.75) is 5.41 Å². The van der Waals surface area contributed by atoms with Crippen molar-refractivity contribution in [2.24, 2.45) is 0 Å². The number of rotatable bonds is 10. The summed E-state index contributed by atoms with van der Waals surface area (Å²) in [6, 6.07) is 108.